The summed E-state index contributed by atoms with van der Waals surface area (Å²) < 4.78 is 1.55. The van der Waals surface area contributed by atoms with E-state index in [0.29, 0.717) is 11.4 Å². The van der Waals surface area contributed by atoms with Gasteiger partial charge in [0.1, 0.15) is 12.2 Å². The molecule has 0 aliphatic carbocycles. The topological polar surface area (TPSA) is 80.1 Å². The van der Waals surface area contributed by atoms with E-state index >= 15 is 0 Å². The van der Waals surface area contributed by atoms with Gasteiger partial charge in [-0.3, -0.25) is 19.3 Å². The number of hydrogen-bond donors (Lipinski definition) is 1. The third-order valence-electron chi connectivity index (χ3n) is 4.34. The average molecular weight is 341 g/mol. The fourth-order valence-corrected chi connectivity index (χ4v) is 3.08. The summed E-state index contributed by atoms with van der Waals surface area (Å²) in [5.41, 5.74) is 1.05. The van der Waals surface area contributed by atoms with Crippen molar-refractivity contribution < 1.29 is 9.59 Å². The molecule has 2 amide bonds. The smallest absolute Gasteiger partial charge is 0.274 e. The van der Waals surface area contributed by atoms with Gasteiger partial charge in [0, 0.05) is 25.5 Å². The Kier molecular flexibility index (Phi) is 4.83. The molecule has 7 heteroatoms. The minimum atomic E-state index is -0.302. The van der Waals surface area contributed by atoms with Crippen molar-refractivity contribution in [2.75, 3.05) is 18.4 Å². The van der Waals surface area contributed by atoms with E-state index in [-0.39, 0.29) is 23.8 Å². The summed E-state index contributed by atoms with van der Waals surface area (Å²) in [4.78, 5) is 30.5. The van der Waals surface area contributed by atoms with Crippen LogP contribution >= 0.6 is 0 Å². The van der Waals surface area contributed by atoms with Crippen molar-refractivity contribution in [1.82, 2.24) is 19.7 Å². The Hall–Kier alpha value is -2.70. The Labute approximate surface area is 147 Å². The minimum Gasteiger partial charge on any atom is -0.341 e. The lowest BCUT2D eigenvalue weighted by atomic mass is 9.84. The maximum atomic E-state index is 12.5. The molecule has 1 aliphatic rings. The zero-order valence-corrected chi connectivity index (χ0v) is 14.6. The third kappa shape index (κ3) is 4.43. The lowest BCUT2D eigenvalue weighted by molar-refractivity contribution is -0.135. The Balaban J connectivity index is 1.58. The minimum absolute atomic E-state index is 0.0541. The molecule has 25 heavy (non-hydrogen) atoms. The summed E-state index contributed by atoms with van der Waals surface area (Å²) in [5.74, 6) is -0.247. The van der Waals surface area contributed by atoms with Crippen LogP contribution in [0.1, 0.15) is 37.2 Å². The molecule has 0 atom stereocenters. The lowest BCUT2D eigenvalue weighted by Crippen LogP contribution is -2.44. The van der Waals surface area contributed by atoms with Crippen molar-refractivity contribution in [1.29, 1.82) is 0 Å². The number of hydrogen-bond acceptors (Lipinski definition) is 4. The second-order valence-electron chi connectivity index (χ2n) is 7.18. The van der Waals surface area contributed by atoms with Gasteiger partial charge in [-0.05, 0) is 30.4 Å². The van der Waals surface area contributed by atoms with Gasteiger partial charge in [0.25, 0.3) is 5.91 Å². The van der Waals surface area contributed by atoms with Crippen LogP contribution in [0, 0.1) is 5.41 Å². The molecule has 7 nitrogen and oxygen atoms in total. The summed E-state index contributed by atoms with van der Waals surface area (Å²) in [6.07, 6.45) is 6.94. The molecule has 3 heterocycles. The quantitative estimate of drug-likeness (QED) is 0.924. The summed E-state index contributed by atoms with van der Waals surface area (Å²) in [7, 11) is 0. The Morgan fingerprint density at radius 2 is 2.16 bits per heavy atom. The zero-order valence-electron chi connectivity index (χ0n) is 14.6. The van der Waals surface area contributed by atoms with Crippen molar-refractivity contribution in [3.05, 3.63) is 42.5 Å². The van der Waals surface area contributed by atoms with Crippen molar-refractivity contribution in [2.24, 2.45) is 5.41 Å². The standard InChI is InChI=1S/C18H23N5O2/c1-18(2)7-5-9-22(13-18)16(24)12-23-11-14(10-20-23)21-17(25)15-6-3-4-8-19-15/h3-4,6,8,10-11H,5,7,9,12-13H2,1-2H3,(H,21,25). The molecule has 1 saturated heterocycles. The van der Waals surface area contributed by atoms with Crippen LogP contribution in [0.3, 0.4) is 0 Å². The van der Waals surface area contributed by atoms with Crippen LogP contribution < -0.4 is 5.32 Å². The van der Waals surface area contributed by atoms with E-state index in [0.717, 1.165) is 25.9 Å². The molecule has 1 N–H and O–H groups in total. The predicted molar refractivity (Wildman–Crippen MR) is 94.0 cm³/mol. The Morgan fingerprint density at radius 1 is 1.32 bits per heavy atom. The number of aromatic nitrogens is 3. The summed E-state index contributed by atoms with van der Waals surface area (Å²) >= 11 is 0. The van der Waals surface area contributed by atoms with Gasteiger partial charge < -0.3 is 10.2 Å². The number of nitrogens with one attached hydrogen (secondary N) is 1. The molecule has 2 aromatic rings. The highest BCUT2D eigenvalue weighted by Crippen LogP contribution is 2.28. The van der Waals surface area contributed by atoms with E-state index in [2.05, 4.69) is 29.2 Å². The normalized spacial score (nSPS) is 16.5. The Morgan fingerprint density at radius 3 is 2.88 bits per heavy atom. The van der Waals surface area contributed by atoms with Gasteiger partial charge >= 0.3 is 0 Å². The molecular formula is C18H23N5O2. The number of carbonyl (C=O) groups excluding carboxylic acids is 2. The third-order valence-corrected chi connectivity index (χ3v) is 4.34. The predicted octanol–water partition coefficient (Wildman–Crippen LogP) is 2.18. The number of rotatable bonds is 4. The molecule has 132 valence electrons. The summed E-state index contributed by atoms with van der Waals surface area (Å²) in [6.45, 7) is 6.12. The van der Waals surface area contributed by atoms with Crippen LogP contribution in [-0.4, -0.2) is 44.6 Å². The van der Waals surface area contributed by atoms with Gasteiger partial charge in [0.05, 0.1) is 11.9 Å². The second kappa shape index (κ2) is 7.04. The number of amides is 2. The average Bonchev–Trinajstić information content (AvgIpc) is 3.01. The molecule has 0 aromatic carbocycles. The molecule has 1 aliphatic heterocycles. The maximum Gasteiger partial charge on any atom is 0.274 e. The van der Waals surface area contributed by atoms with E-state index in [1.54, 1.807) is 35.3 Å². The first-order chi connectivity index (χ1) is 11.9. The second-order valence-corrected chi connectivity index (χ2v) is 7.18. The molecule has 2 aromatic heterocycles. The van der Waals surface area contributed by atoms with Crippen molar-refractivity contribution >= 4 is 17.5 Å². The number of likely N-dealkylation sites (tertiary alicyclic amines) is 1. The van der Waals surface area contributed by atoms with Crippen LogP contribution in [0.5, 0.6) is 0 Å². The number of pyridine rings is 1. The molecule has 0 unspecified atom stereocenters. The highest BCUT2D eigenvalue weighted by molar-refractivity contribution is 6.02. The molecule has 0 radical (unpaired) electrons. The monoisotopic (exact) mass is 341 g/mol. The first kappa shape index (κ1) is 17.1. The number of piperidine rings is 1. The van der Waals surface area contributed by atoms with Crippen LogP contribution in [0.25, 0.3) is 0 Å². The van der Waals surface area contributed by atoms with Crippen LogP contribution in [0.15, 0.2) is 36.8 Å². The van der Waals surface area contributed by atoms with E-state index < -0.39 is 0 Å². The van der Waals surface area contributed by atoms with Gasteiger partial charge in [-0.25, -0.2) is 0 Å². The van der Waals surface area contributed by atoms with Gasteiger partial charge in [0.15, 0.2) is 0 Å². The Bertz CT molecular complexity index is 754. The van der Waals surface area contributed by atoms with Crippen molar-refractivity contribution in [3.63, 3.8) is 0 Å². The highest BCUT2D eigenvalue weighted by Gasteiger charge is 2.29. The fraction of sp³-hybridized carbons (Fsp3) is 0.444. The van der Waals surface area contributed by atoms with E-state index in [1.807, 2.05) is 4.90 Å². The van der Waals surface area contributed by atoms with Crippen molar-refractivity contribution in [3.8, 4) is 0 Å². The van der Waals surface area contributed by atoms with Crippen LogP contribution in [0.2, 0.25) is 0 Å². The van der Waals surface area contributed by atoms with E-state index in [4.69, 9.17) is 0 Å². The van der Waals surface area contributed by atoms with Crippen molar-refractivity contribution in [2.45, 2.75) is 33.2 Å². The van der Waals surface area contributed by atoms with Gasteiger partial charge in [-0.15, -0.1) is 0 Å². The number of anilines is 1. The molecule has 1 fully saturated rings. The largest absolute Gasteiger partial charge is 0.341 e. The number of nitrogens with zero attached hydrogens (tertiary/aromatic N) is 4. The maximum absolute atomic E-state index is 12.5. The molecule has 0 spiro atoms. The molecule has 0 saturated carbocycles. The van der Waals surface area contributed by atoms with Gasteiger partial charge in [-0.1, -0.05) is 19.9 Å². The SMILES string of the molecule is CC1(C)CCCN(C(=O)Cn2cc(NC(=O)c3ccccn3)cn2)C1. The van der Waals surface area contributed by atoms with E-state index in [9.17, 15) is 9.59 Å². The van der Waals surface area contributed by atoms with E-state index in [1.165, 1.54) is 6.20 Å². The summed E-state index contributed by atoms with van der Waals surface area (Å²) in [5, 5.41) is 6.90. The number of carbonyl (C=O) groups is 2. The molecule has 0 bridgehead atoms. The van der Waals surface area contributed by atoms with Gasteiger partial charge in [-0.2, -0.15) is 5.10 Å². The molecular weight excluding hydrogens is 318 g/mol. The van der Waals surface area contributed by atoms with Gasteiger partial charge in [0.2, 0.25) is 5.91 Å². The zero-order chi connectivity index (χ0) is 17.9. The first-order valence-corrected chi connectivity index (χ1v) is 8.46. The summed E-state index contributed by atoms with van der Waals surface area (Å²) in [6, 6.07) is 5.15. The van der Waals surface area contributed by atoms with Crippen LogP contribution in [-0.2, 0) is 11.3 Å². The highest BCUT2D eigenvalue weighted by atomic mass is 16.2. The van der Waals surface area contributed by atoms with Crippen LogP contribution in [0.4, 0.5) is 5.69 Å². The fourth-order valence-electron chi connectivity index (χ4n) is 3.08. The first-order valence-electron chi connectivity index (χ1n) is 8.46. The lowest BCUT2D eigenvalue weighted by Gasteiger charge is -2.38. The molecule has 3 rings (SSSR count).